The SMILES string of the molecule is CNC(=O)c1ccnc2c(C(C)C(CNc3cc(-c4ccc(N5CCC(O)C5)nc4)ncn3)CSC)cccc12. The highest BCUT2D eigenvalue weighted by molar-refractivity contribution is 7.98. The van der Waals surface area contributed by atoms with Crippen LogP contribution in [0.5, 0.6) is 0 Å². The summed E-state index contributed by atoms with van der Waals surface area (Å²) in [5, 5.41) is 16.9. The number of pyridine rings is 2. The van der Waals surface area contributed by atoms with Gasteiger partial charge in [0.15, 0.2) is 0 Å². The number of benzene rings is 1. The summed E-state index contributed by atoms with van der Waals surface area (Å²) in [5.74, 6) is 2.95. The van der Waals surface area contributed by atoms with Crippen molar-refractivity contribution in [3.8, 4) is 11.3 Å². The Morgan fingerprint density at radius 1 is 1.18 bits per heavy atom. The third-order valence-electron chi connectivity index (χ3n) is 7.60. The van der Waals surface area contributed by atoms with E-state index in [2.05, 4.69) is 54.7 Å². The lowest BCUT2D eigenvalue weighted by Crippen LogP contribution is -2.23. The van der Waals surface area contributed by atoms with Crippen LogP contribution in [0.15, 0.2) is 61.2 Å². The fourth-order valence-corrected chi connectivity index (χ4v) is 6.10. The van der Waals surface area contributed by atoms with Crippen molar-refractivity contribution in [3.63, 3.8) is 0 Å². The van der Waals surface area contributed by atoms with Gasteiger partial charge >= 0.3 is 0 Å². The van der Waals surface area contributed by atoms with Gasteiger partial charge in [0.2, 0.25) is 0 Å². The lowest BCUT2D eigenvalue weighted by atomic mass is 9.86. The number of carbonyl (C=O) groups is 1. The van der Waals surface area contributed by atoms with E-state index in [1.54, 1.807) is 25.6 Å². The standard InChI is InChI=1S/C30H35N7O2S/c1-19(23-5-4-6-24-25(30(39)31-2)9-11-32-29(23)24)21(17-40-3)15-33-27-13-26(35-18-36-27)20-7-8-28(34-14-20)37-12-10-22(38)16-37/h4-9,11,13-14,18-19,21-22,38H,10,12,15-17H2,1-3H3,(H,31,39)(H,33,35,36). The molecule has 1 saturated heterocycles. The van der Waals surface area contributed by atoms with Crippen molar-refractivity contribution in [2.75, 3.05) is 48.9 Å². The van der Waals surface area contributed by atoms with Crippen molar-refractivity contribution in [3.05, 3.63) is 72.3 Å². The van der Waals surface area contributed by atoms with Crippen molar-refractivity contribution < 1.29 is 9.90 Å². The summed E-state index contributed by atoms with van der Waals surface area (Å²) in [5.41, 5.74) is 4.34. The predicted octanol–water partition coefficient (Wildman–Crippen LogP) is 4.21. The van der Waals surface area contributed by atoms with Crippen molar-refractivity contribution in [2.45, 2.75) is 25.4 Å². The van der Waals surface area contributed by atoms with Gasteiger partial charge in [-0.05, 0) is 54.0 Å². The lowest BCUT2D eigenvalue weighted by molar-refractivity contribution is 0.0964. The van der Waals surface area contributed by atoms with E-state index in [-0.39, 0.29) is 17.9 Å². The third kappa shape index (κ3) is 6.03. The van der Waals surface area contributed by atoms with E-state index < -0.39 is 0 Å². The van der Waals surface area contributed by atoms with E-state index in [0.29, 0.717) is 18.0 Å². The second-order valence-electron chi connectivity index (χ2n) is 10.1. The number of aliphatic hydroxyl groups excluding tert-OH is 1. The molecule has 0 aliphatic carbocycles. The van der Waals surface area contributed by atoms with Gasteiger partial charge in [-0.1, -0.05) is 25.1 Å². The molecule has 3 N–H and O–H groups in total. The van der Waals surface area contributed by atoms with E-state index in [0.717, 1.165) is 64.6 Å². The third-order valence-corrected chi connectivity index (χ3v) is 8.36. The molecule has 1 fully saturated rings. The van der Waals surface area contributed by atoms with Gasteiger partial charge < -0.3 is 20.6 Å². The van der Waals surface area contributed by atoms with E-state index >= 15 is 0 Å². The first-order chi connectivity index (χ1) is 19.5. The molecule has 208 valence electrons. The summed E-state index contributed by atoms with van der Waals surface area (Å²) >= 11 is 1.81. The Morgan fingerprint density at radius 2 is 2.05 bits per heavy atom. The second kappa shape index (κ2) is 12.6. The first-order valence-corrected chi connectivity index (χ1v) is 14.9. The van der Waals surface area contributed by atoms with E-state index in [1.165, 1.54) is 0 Å². The molecule has 3 aromatic heterocycles. The van der Waals surface area contributed by atoms with E-state index in [4.69, 9.17) is 0 Å². The Labute approximate surface area is 238 Å². The molecule has 0 saturated carbocycles. The highest BCUT2D eigenvalue weighted by atomic mass is 32.2. The fraction of sp³-hybridized carbons (Fsp3) is 0.367. The summed E-state index contributed by atoms with van der Waals surface area (Å²) in [6, 6.07) is 13.8. The summed E-state index contributed by atoms with van der Waals surface area (Å²) in [7, 11) is 1.64. The van der Waals surface area contributed by atoms with Crippen LogP contribution in [0.1, 0.15) is 35.2 Å². The maximum atomic E-state index is 12.4. The van der Waals surface area contributed by atoms with Crippen molar-refractivity contribution in [1.29, 1.82) is 0 Å². The minimum absolute atomic E-state index is 0.112. The fourth-order valence-electron chi connectivity index (χ4n) is 5.27. The first-order valence-electron chi connectivity index (χ1n) is 13.5. The Hall–Kier alpha value is -3.76. The highest BCUT2D eigenvalue weighted by Gasteiger charge is 2.23. The average Bonchev–Trinajstić information content (AvgIpc) is 3.44. The minimum atomic E-state index is -0.286. The largest absolute Gasteiger partial charge is 0.391 e. The van der Waals surface area contributed by atoms with Gasteiger partial charge in [0, 0.05) is 56.1 Å². The number of fused-ring (bicyclic) bond motifs is 1. The molecule has 4 heterocycles. The predicted molar refractivity (Wildman–Crippen MR) is 162 cm³/mol. The zero-order valence-corrected chi connectivity index (χ0v) is 23.9. The van der Waals surface area contributed by atoms with Gasteiger partial charge in [-0.3, -0.25) is 9.78 Å². The van der Waals surface area contributed by atoms with Crippen LogP contribution >= 0.6 is 11.8 Å². The molecule has 0 radical (unpaired) electrons. The number of para-hydroxylation sites is 1. The maximum absolute atomic E-state index is 12.4. The van der Waals surface area contributed by atoms with Crippen LogP contribution < -0.4 is 15.5 Å². The zero-order chi connectivity index (χ0) is 28.1. The van der Waals surface area contributed by atoms with Gasteiger partial charge in [0.05, 0.1) is 22.9 Å². The Morgan fingerprint density at radius 3 is 2.77 bits per heavy atom. The summed E-state index contributed by atoms with van der Waals surface area (Å²) in [6.07, 6.45) is 7.71. The summed E-state index contributed by atoms with van der Waals surface area (Å²) in [4.78, 5) is 32.8. The van der Waals surface area contributed by atoms with Gasteiger partial charge in [-0.15, -0.1) is 0 Å². The van der Waals surface area contributed by atoms with Gasteiger partial charge in [-0.2, -0.15) is 11.8 Å². The number of amides is 1. The van der Waals surface area contributed by atoms with Crippen molar-refractivity contribution >= 4 is 40.2 Å². The number of hydrogen-bond donors (Lipinski definition) is 3. The summed E-state index contributed by atoms with van der Waals surface area (Å²) in [6.45, 7) is 4.38. The maximum Gasteiger partial charge on any atom is 0.251 e. The van der Waals surface area contributed by atoms with Gasteiger partial charge in [-0.25, -0.2) is 15.0 Å². The van der Waals surface area contributed by atoms with Gasteiger partial charge in [0.1, 0.15) is 18.0 Å². The molecule has 1 amide bonds. The topological polar surface area (TPSA) is 116 Å². The number of anilines is 2. The van der Waals surface area contributed by atoms with E-state index in [1.807, 2.05) is 48.3 Å². The normalized spacial score (nSPS) is 16.6. The molecule has 9 nitrogen and oxygen atoms in total. The Balaban J connectivity index is 1.32. The highest BCUT2D eigenvalue weighted by Crippen LogP contribution is 2.33. The molecule has 3 unspecified atom stereocenters. The van der Waals surface area contributed by atoms with E-state index in [9.17, 15) is 9.90 Å². The first kappa shape index (κ1) is 27.8. The number of nitrogens with zero attached hydrogens (tertiary/aromatic N) is 5. The zero-order valence-electron chi connectivity index (χ0n) is 23.0. The number of carbonyl (C=O) groups excluding carboxylic acids is 1. The number of hydrogen-bond acceptors (Lipinski definition) is 9. The second-order valence-corrected chi connectivity index (χ2v) is 11.1. The molecule has 1 aliphatic heterocycles. The molecule has 1 aliphatic rings. The van der Waals surface area contributed by atoms with Crippen LogP contribution in [0, 0.1) is 5.92 Å². The lowest BCUT2D eigenvalue weighted by Gasteiger charge is -2.25. The molecular formula is C30H35N7O2S. The molecule has 10 heteroatoms. The molecule has 5 rings (SSSR count). The van der Waals surface area contributed by atoms with Crippen LogP contribution in [0.3, 0.4) is 0 Å². The molecule has 1 aromatic carbocycles. The molecule has 40 heavy (non-hydrogen) atoms. The van der Waals surface area contributed by atoms with Crippen LogP contribution in [-0.4, -0.2) is 75.7 Å². The molecule has 4 aromatic rings. The number of aliphatic hydroxyl groups is 1. The minimum Gasteiger partial charge on any atom is -0.391 e. The smallest absolute Gasteiger partial charge is 0.251 e. The number of rotatable bonds is 10. The quantitative estimate of drug-likeness (QED) is 0.264. The van der Waals surface area contributed by atoms with Crippen LogP contribution in [-0.2, 0) is 0 Å². The molecule has 0 spiro atoms. The van der Waals surface area contributed by atoms with Crippen LogP contribution in [0.4, 0.5) is 11.6 Å². The Bertz CT molecular complexity index is 1470. The number of β-amino-alcohol motifs (C(OH)–C–C–N with tert-alkyl or cyclic N) is 1. The van der Waals surface area contributed by atoms with Crippen LogP contribution in [0.25, 0.3) is 22.2 Å². The number of aromatic nitrogens is 4. The number of thioether (sulfide) groups is 1. The summed E-state index contributed by atoms with van der Waals surface area (Å²) < 4.78 is 0. The molecule has 3 atom stereocenters. The van der Waals surface area contributed by atoms with Crippen molar-refractivity contribution in [1.82, 2.24) is 25.3 Å². The number of nitrogens with one attached hydrogen (secondary N) is 2. The average molecular weight is 558 g/mol. The monoisotopic (exact) mass is 557 g/mol. The Kier molecular flexibility index (Phi) is 8.76. The van der Waals surface area contributed by atoms with Crippen LogP contribution in [0.2, 0.25) is 0 Å². The van der Waals surface area contributed by atoms with Gasteiger partial charge in [0.25, 0.3) is 5.91 Å². The molecule has 0 bridgehead atoms. The molecular weight excluding hydrogens is 522 g/mol. The van der Waals surface area contributed by atoms with Crippen molar-refractivity contribution in [2.24, 2.45) is 5.92 Å².